The van der Waals surface area contributed by atoms with Gasteiger partial charge in [-0.1, -0.05) is 36.8 Å². The molecular formula is C14H17F2NO2. The van der Waals surface area contributed by atoms with Crippen molar-refractivity contribution in [2.45, 2.75) is 37.8 Å². The van der Waals surface area contributed by atoms with E-state index in [4.69, 9.17) is 5.11 Å². The van der Waals surface area contributed by atoms with Crippen molar-refractivity contribution in [2.75, 3.05) is 6.54 Å². The average Bonchev–Trinajstić information content (AvgIpc) is 2.40. The Bertz CT molecular complexity index is 436. The van der Waals surface area contributed by atoms with Crippen LogP contribution in [0.4, 0.5) is 8.78 Å². The number of halogens is 2. The predicted octanol–water partition coefficient (Wildman–Crippen LogP) is 2.76. The van der Waals surface area contributed by atoms with Gasteiger partial charge in [-0.3, -0.25) is 4.90 Å². The summed E-state index contributed by atoms with van der Waals surface area (Å²) < 4.78 is 27.5. The third-order valence-electron chi connectivity index (χ3n) is 3.55. The van der Waals surface area contributed by atoms with E-state index in [9.17, 15) is 13.6 Å². The lowest BCUT2D eigenvalue weighted by Gasteiger charge is -2.38. The van der Waals surface area contributed by atoms with Crippen molar-refractivity contribution in [1.82, 2.24) is 4.90 Å². The van der Waals surface area contributed by atoms with Crippen molar-refractivity contribution in [3.8, 4) is 0 Å². The minimum Gasteiger partial charge on any atom is -0.477 e. The van der Waals surface area contributed by atoms with Gasteiger partial charge in [0.2, 0.25) is 0 Å². The molecule has 0 spiro atoms. The van der Waals surface area contributed by atoms with E-state index in [1.807, 2.05) is 30.3 Å². The first-order chi connectivity index (χ1) is 9.01. The number of aliphatic carboxylic acids is 1. The highest BCUT2D eigenvalue weighted by Gasteiger charge is 2.50. The number of benzene rings is 1. The summed E-state index contributed by atoms with van der Waals surface area (Å²) in [7, 11) is 0. The van der Waals surface area contributed by atoms with Gasteiger partial charge in [-0.05, 0) is 24.9 Å². The Morgan fingerprint density at radius 1 is 1.32 bits per heavy atom. The summed E-state index contributed by atoms with van der Waals surface area (Å²) in [5.41, 5.74) is 0.926. The van der Waals surface area contributed by atoms with Crippen LogP contribution in [0.15, 0.2) is 30.3 Å². The number of rotatable bonds is 4. The lowest BCUT2D eigenvalue weighted by atomic mass is 9.96. The number of carbonyl (C=O) groups is 1. The molecule has 5 heteroatoms. The van der Waals surface area contributed by atoms with Crippen molar-refractivity contribution in [3.05, 3.63) is 35.9 Å². The van der Waals surface area contributed by atoms with Crippen LogP contribution < -0.4 is 0 Å². The smallest absolute Gasteiger partial charge is 0.376 e. The summed E-state index contributed by atoms with van der Waals surface area (Å²) in [6.07, 6.45) is 1.71. The van der Waals surface area contributed by atoms with Crippen LogP contribution in [0.2, 0.25) is 0 Å². The third-order valence-corrected chi connectivity index (χ3v) is 3.55. The van der Waals surface area contributed by atoms with Gasteiger partial charge in [0.05, 0.1) is 6.04 Å². The molecule has 0 saturated carbocycles. The Hall–Kier alpha value is -1.49. The highest BCUT2D eigenvalue weighted by Crippen LogP contribution is 2.32. The predicted molar refractivity (Wildman–Crippen MR) is 67.1 cm³/mol. The molecule has 1 aliphatic rings. The van der Waals surface area contributed by atoms with Crippen LogP contribution in [0.3, 0.4) is 0 Å². The Morgan fingerprint density at radius 2 is 2.00 bits per heavy atom. The van der Waals surface area contributed by atoms with Crippen LogP contribution in [0.5, 0.6) is 0 Å². The second-order valence-electron chi connectivity index (χ2n) is 4.90. The summed E-state index contributed by atoms with van der Waals surface area (Å²) in [6, 6.07) is 8.09. The maximum Gasteiger partial charge on any atom is 0.376 e. The lowest BCUT2D eigenvalue weighted by molar-refractivity contribution is -0.178. The summed E-state index contributed by atoms with van der Waals surface area (Å²) in [6.45, 7) is 0.886. The summed E-state index contributed by atoms with van der Waals surface area (Å²) in [5.74, 6) is -5.72. The Balaban J connectivity index is 2.15. The molecule has 1 aliphatic heterocycles. The average molecular weight is 269 g/mol. The van der Waals surface area contributed by atoms with Gasteiger partial charge >= 0.3 is 11.9 Å². The van der Waals surface area contributed by atoms with Crippen molar-refractivity contribution in [2.24, 2.45) is 0 Å². The second kappa shape index (κ2) is 5.65. The molecular weight excluding hydrogens is 252 g/mol. The zero-order chi connectivity index (χ0) is 13.9. The number of carboxylic acids is 1. The topological polar surface area (TPSA) is 40.5 Å². The minimum absolute atomic E-state index is 0.228. The molecule has 0 amide bonds. The molecule has 1 aromatic carbocycles. The van der Waals surface area contributed by atoms with Crippen molar-refractivity contribution < 1.29 is 18.7 Å². The van der Waals surface area contributed by atoms with Crippen LogP contribution in [-0.4, -0.2) is 34.5 Å². The molecule has 1 atom stereocenters. The van der Waals surface area contributed by atoms with Gasteiger partial charge in [0.15, 0.2) is 0 Å². The second-order valence-corrected chi connectivity index (χ2v) is 4.90. The molecule has 1 N–H and O–H groups in total. The van der Waals surface area contributed by atoms with E-state index in [2.05, 4.69) is 0 Å². The molecule has 19 heavy (non-hydrogen) atoms. The quantitative estimate of drug-likeness (QED) is 0.913. The maximum absolute atomic E-state index is 13.7. The van der Waals surface area contributed by atoms with Crippen molar-refractivity contribution in [1.29, 1.82) is 0 Å². The fraction of sp³-hybridized carbons (Fsp3) is 0.500. The Labute approximate surface area is 110 Å². The fourth-order valence-corrected chi connectivity index (χ4v) is 2.55. The minimum atomic E-state index is -3.69. The van der Waals surface area contributed by atoms with Gasteiger partial charge in [-0.2, -0.15) is 8.78 Å². The van der Waals surface area contributed by atoms with Crippen molar-refractivity contribution in [3.63, 3.8) is 0 Å². The Kier molecular flexibility index (Phi) is 4.14. The zero-order valence-electron chi connectivity index (χ0n) is 10.6. The largest absolute Gasteiger partial charge is 0.477 e. The van der Waals surface area contributed by atoms with Gasteiger partial charge in [-0.25, -0.2) is 4.79 Å². The zero-order valence-corrected chi connectivity index (χ0v) is 10.6. The summed E-state index contributed by atoms with van der Waals surface area (Å²) >= 11 is 0. The van der Waals surface area contributed by atoms with E-state index in [0.29, 0.717) is 19.5 Å². The SMILES string of the molecule is O=C(O)C(F)(F)C1CCCCN1Cc1ccccc1. The van der Waals surface area contributed by atoms with Crippen molar-refractivity contribution >= 4 is 5.97 Å². The first-order valence-corrected chi connectivity index (χ1v) is 6.41. The van der Waals surface area contributed by atoms with Crippen LogP contribution in [0.1, 0.15) is 24.8 Å². The summed E-state index contributed by atoms with van der Waals surface area (Å²) in [5, 5.41) is 8.70. The fourth-order valence-electron chi connectivity index (χ4n) is 2.55. The van der Waals surface area contributed by atoms with Gasteiger partial charge in [-0.15, -0.1) is 0 Å². The summed E-state index contributed by atoms with van der Waals surface area (Å²) in [4.78, 5) is 12.3. The highest BCUT2D eigenvalue weighted by atomic mass is 19.3. The number of alkyl halides is 2. The number of carboxylic acid groups (broad SMARTS) is 1. The first-order valence-electron chi connectivity index (χ1n) is 6.41. The van der Waals surface area contributed by atoms with Crippen LogP contribution >= 0.6 is 0 Å². The van der Waals surface area contributed by atoms with E-state index in [1.54, 1.807) is 4.90 Å². The number of piperidine rings is 1. The van der Waals surface area contributed by atoms with E-state index in [-0.39, 0.29) is 6.42 Å². The van der Waals surface area contributed by atoms with Gasteiger partial charge in [0.25, 0.3) is 0 Å². The number of hydrogen-bond donors (Lipinski definition) is 1. The van der Waals surface area contributed by atoms with E-state index in [1.165, 1.54) is 0 Å². The highest BCUT2D eigenvalue weighted by molar-refractivity contribution is 5.76. The van der Waals surface area contributed by atoms with E-state index < -0.39 is 17.9 Å². The van der Waals surface area contributed by atoms with E-state index >= 15 is 0 Å². The molecule has 1 aromatic rings. The van der Waals surface area contributed by atoms with Gasteiger partial charge in [0.1, 0.15) is 0 Å². The normalized spacial score (nSPS) is 21.3. The molecule has 104 valence electrons. The molecule has 1 heterocycles. The van der Waals surface area contributed by atoms with E-state index in [0.717, 1.165) is 12.0 Å². The first kappa shape index (κ1) is 13.9. The molecule has 1 fully saturated rings. The maximum atomic E-state index is 13.7. The number of likely N-dealkylation sites (tertiary alicyclic amines) is 1. The van der Waals surface area contributed by atoms with Crippen LogP contribution in [-0.2, 0) is 11.3 Å². The molecule has 0 aliphatic carbocycles. The molecule has 3 nitrogen and oxygen atoms in total. The molecule has 0 bridgehead atoms. The lowest BCUT2D eigenvalue weighted by Crippen LogP contribution is -2.53. The molecule has 2 rings (SSSR count). The number of hydrogen-bond acceptors (Lipinski definition) is 2. The molecule has 0 radical (unpaired) electrons. The van der Waals surface area contributed by atoms with Gasteiger partial charge < -0.3 is 5.11 Å². The molecule has 1 unspecified atom stereocenters. The number of nitrogens with zero attached hydrogens (tertiary/aromatic N) is 1. The standard InChI is InChI=1S/C14H17F2NO2/c15-14(16,13(18)19)12-8-4-5-9-17(12)10-11-6-2-1-3-7-11/h1-3,6-7,12H,4-5,8-10H2,(H,18,19). The Morgan fingerprint density at radius 3 is 2.63 bits per heavy atom. The van der Waals surface area contributed by atoms with Crippen LogP contribution in [0, 0.1) is 0 Å². The molecule has 0 aromatic heterocycles. The van der Waals surface area contributed by atoms with Gasteiger partial charge in [0, 0.05) is 6.54 Å². The monoisotopic (exact) mass is 269 g/mol. The third kappa shape index (κ3) is 3.10. The molecule has 1 saturated heterocycles. The van der Waals surface area contributed by atoms with Crippen LogP contribution in [0.25, 0.3) is 0 Å².